The Hall–Kier alpha value is -2.51. The van der Waals surface area contributed by atoms with Crippen molar-refractivity contribution in [2.24, 2.45) is 0 Å². The van der Waals surface area contributed by atoms with Crippen LogP contribution in [-0.4, -0.2) is 114 Å². The fourth-order valence-electron chi connectivity index (χ4n) is 4.04. The van der Waals surface area contributed by atoms with Gasteiger partial charge in [-0.1, -0.05) is 0 Å². The predicted octanol–water partition coefficient (Wildman–Crippen LogP) is 1.49. The number of hydrogen-bond acceptors (Lipinski definition) is 12. The lowest BCUT2D eigenvalue weighted by molar-refractivity contribution is -0.143. The molecule has 0 bridgehead atoms. The zero-order valence-corrected chi connectivity index (χ0v) is 25.8. The van der Waals surface area contributed by atoms with Crippen molar-refractivity contribution in [1.82, 2.24) is 10.2 Å². The molecule has 0 aliphatic carbocycles. The monoisotopic (exact) mass is 638 g/mol. The first-order chi connectivity index (χ1) is 20.0. The Morgan fingerprint density at radius 2 is 1.81 bits per heavy atom. The van der Waals surface area contributed by atoms with Crippen molar-refractivity contribution in [3.05, 3.63) is 24.0 Å². The van der Waals surface area contributed by atoms with Gasteiger partial charge in [0.2, 0.25) is 6.41 Å². The number of nitrogens with zero attached hydrogens (tertiary/aromatic N) is 3. The van der Waals surface area contributed by atoms with Crippen LogP contribution in [0.4, 0.5) is 20.6 Å². The number of esters is 1. The maximum absolute atomic E-state index is 14.5. The molecule has 17 heteroatoms. The lowest BCUT2D eigenvalue weighted by Crippen LogP contribution is -2.46. The van der Waals surface area contributed by atoms with E-state index in [2.05, 4.69) is 10.1 Å². The van der Waals surface area contributed by atoms with Gasteiger partial charge in [0.1, 0.15) is 18.2 Å². The maximum atomic E-state index is 14.5. The third-order valence-electron chi connectivity index (χ3n) is 6.03. The molecular formula is C25H41FN4O10P2. The van der Waals surface area contributed by atoms with E-state index in [1.165, 1.54) is 17.9 Å². The van der Waals surface area contributed by atoms with Crippen LogP contribution < -0.4 is 15.1 Å². The molecule has 238 valence electrons. The minimum absolute atomic E-state index is 0.149. The van der Waals surface area contributed by atoms with Crippen molar-refractivity contribution in [1.29, 1.82) is 0 Å². The van der Waals surface area contributed by atoms with E-state index in [0.29, 0.717) is 63.7 Å². The molecule has 5 N–H and O–H groups in total. The Balaban J connectivity index is 0.000000423. The second-order valence-electron chi connectivity index (χ2n) is 8.99. The van der Waals surface area contributed by atoms with E-state index in [9.17, 15) is 18.8 Å². The fraction of sp³-hybridized carbons (Fsp3) is 0.600. The van der Waals surface area contributed by atoms with E-state index in [4.69, 9.17) is 29.1 Å². The second kappa shape index (κ2) is 20.4. The summed E-state index contributed by atoms with van der Waals surface area (Å²) < 4.78 is 24.4. The van der Waals surface area contributed by atoms with Gasteiger partial charge in [-0.3, -0.25) is 14.5 Å². The molecule has 0 spiro atoms. The molecule has 1 aromatic rings. The summed E-state index contributed by atoms with van der Waals surface area (Å²) >= 11 is 0. The molecule has 0 aromatic heterocycles. The summed E-state index contributed by atoms with van der Waals surface area (Å²) in [7, 11) is -2.94. The van der Waals surface area contributed by atoms with E-state index in [1.807, 2.05) is 4.90 Å². The normalized spacial score (nSPS) is 16.5. The van der Waals surface area contributed by atoms with Gasteiger partial charge in [-0.2, -0.15) is 0 Å². The van der Waals surface area contributed by atoms with Crippen molar-refractivity contribution in [3.8, 4) is 0 Å². The van der Waals surface area contributed by atoms with Crippen LogP contribution in [0.1, 0.15) is 33.1 Å². The number of halogens is 1. The molecule has 3 rings (SSSR count). The summed E-state index contributed by atoms with van der Waals surface area (Å²) in [5, 5.41) is 2.03. The summed E-state index contributed by atoms with van der Waals surface area (Å²) in [5.74, 6) is -0.742. The number of hydrogen-bond donors (Lipinski definition) is 5. The Kier molecular flexibility index (Phi) is 18.2. The number of anilines is 2. The highest BCUT2D eigenvalue weighted by Gasteiger charge is 2.32. The Bertz CT molecular complexity index is 979. The van der Waals surface area contributed by atoms with Crippen molar-refractivity contribution in [2.45, 2.75) is 44.6 Å². The average Bonchev–Trinajstić information content (AvgIpc) is 3.31. The number of carbonyl (C=O) groups is 4. The van der Waals surface area contributed by atoms with Gasteiger partial charge >= 0.3 is 12.1 Å². The number of carbonyl (C=O) groups excluding carboxylic acids is 4. The topological polar surface area (TPSA) is 189 Å². The first-order valence-corrected chi connectivity index (χ1v) is 15.9. The van der Waals surface area contributed by atoms with Gasteiger partial charge in [0.25, 0.3) is 0 Å². The molecule has 0 saturated carbocycles. The van der Waals surface area contributed by atoms with Crippen LogP contribution in [0.3, 0.4) is 0 Å². The lowest BCUT2D eigenvalue weighted by atomic mass is 10.2. The number of rotatable bonds is 12. The van der Waals surface area contributed by atoms with Gasteiger partial charge in [-0.05, 0) is 51.9 Å². The van der Waals surface area contributed by atoms with Gasteiger partial charge in [-0.15, -0.1) is 0 Å². The minimum atomic E-state index is -2.37. The summed E-state index contributed by atoms with van der Waals surface area (Å²) in [6, 6.07) is 4.78. The molecule has 1 unspecified atom stereocenters. The highest BCUT2D eigenvalue weighted by atomic mass is 31.2. The van der Waals surface area contributed by atoms with E-state index >= 15 is 0 Å². The molecule has 42 heavy (non-hydrogen) atoms. The number of nitrogens with one attached hydrogen (secondary N) is 1. The molecule has 2 aliphatic heterocycles. The van der Waals surface area contributed by atoms with Crippen molar-refractivity contribution >= 4 is 52.9 Å². The highest BCUT2D eigenvalue weighted by molar-refractivity contribution is 7.64. The number of aldehydes is 1. The largest absolute Gasteiger partial charge is 0.466 e. The molecule has 2 aliphatic rings. The third kappa shape index (κ3) is 12.8. The molecule has 2 amide bonds. The number of cyclic esters (lactones) is 1. The Labute approximate surface area is 247 Å². The van der Waals surface area contributed by atoms with Gasteiger partial charge in [0, 0.05) is 39.1 Å². The molecule has 2 fully saturated rings. The van der Waals surface area contributed by atoms with E-state index in [1.54, 1.807) is 31.0 Å². The highest BCUT2D eigenvalue weighted by Crippen LogP contribution is 2.51. The first-order valence-electron chi connectivity index (χ1n) is 13.3. The summed E-state index contributed by atoms with van der Waals surface area (Å²) in [4.78, 5) is 82.8. The number of ether oxygens (including phenoxy) is 2. The zero-order valence-electron chi connectivity index (χ0n) is 24.0. The standard InChI is InChI=1S/C16H21FN4O3.C7H16O6P2.C2H4O/c1-18-9-13-10-21(16(23)24-13)12-2-3-15(14(17)8-12)20-6-4-19(11-22)5-7-20;1-2-13-6(8)4-3-5-7(14(9)10)15(11)12;1-2-3/h2-3,8,11,13,18H,4-7,9-10H2,1H3;7,9-12H,2-5H2,1H3;2H,1H3. The summed E-state index contributed by atoms with van der Waals surface area (Å²) in [5.41, 5.74) is 0.981. The molecular weight excluding hydrogens is 597 g/mol. The fourth-order valence-corrected chi connectivity index (χ4v) is 5.61. The number of piperazine rings is 1. The second-order valence-corrected chi connectivity index (χ2v) is 11.9. The Morgan fingerprint density at radius 1 is 1.19 bits per heavy atom. The van der Waals surface area contributed by atoms with E-state index in [0.717, 1.165) is 12.7 Å². The van der Waals surface area contributed by atoms with Crippen LogP contribution in [0.25, 0.3) is 0 Å². The summed E-state index contributed by atoms with van der Waals surface area (Å²) in [6.45, 7) is 6.74. The number of benzene rings is 1. The predicted molar refractivity (Wildman–Crippen MR) is 157 cm³/mol. The number of amides is 2. The van der Waals surface area contributed by atoms with Crippen LogP contribution in [0.2, 0.25) is 0 Å². The molecule has 14 nitrogen and oxygen atoms in total. The Morgan fingerprint density at radius 3 is 2.31 bits per heavy atom. The molecule has 2 saturated heterocycles. The van der Waals surface area contributed by atoms with E-state index in [-0.39, 0.29) is 30.7 Å². The van der Waals surface area contributed by atoms with Gasteiger partial charge < -0.3 is 49.0 Å². The zero-order chi connectivity index (χ0) is 31.7. The first kappa shape index (κ1) is 37.5. The summed E-state index contributed by atoms with van der Waals surface area (Å²) in [6.07, 6.45) is 1.57. The van der Waals surface area contributed by atoms with Crippen LogP contribution in [0.5, 0.6) is 0 Å². The van der Waals surface area contributed by atoms with Gasteiger partial charge in [0.15, 0.2) is 16.8 Å². The van der Waals surface area contributed by atoms with Crippen LogP contribution in [-0.2, 0) is 23.9 Å². The van der Waals surface area contributed by atoms with Crippen molar-refractivity contribution in [3.63, 3.8) is 0 Å². The van der Waals surface area contributed by atoms with Crippen LogP contribution >= 0.6 is 16.8 Å². The van der Waals surface area contributed by atoms with Gasteiger partial charge in [-0.25, -0.2) is 9.18 Å². The number of likely N-dealkylation sites (N-methyl/N-ethyl adjacent to an activating group) is 1. The van der Waals surface area contributed by atoms with E-state index < -0.39 is 28.2 Å². The van der Waals surface area contributed by atoms with Crippen molar-refractivity contribution in [2.75, 3.05) is 62.7 Å². The third-order valence-corrected chi connectivity index (χ3v) is 8.86. The average molecular weight is 639 g/mol. The molecule has 2 heterocycles. The quantitative estimate of drug-likeness (QED) is 0.126. The molecule has 0 radical (unpaired) electrons. The van der Waals surface area contributed by atoms with Crippen LogP contribution in [0.15, 0.2) is 18.2 Å². The lowest BCUT2D eigenvalue weighted by Gasteiger charge is -2.34. The SMILES string of the molecule is CC=O.CCOC(=O)CCCC(P(O)O)P(O)O.CNCC1CN(c2ccc(N3CCN(C=O)CC3)c(F)c2)C(=O)O1. The minimum Gasteiger partial charge on any atom is -0.466 e. The van der Waals surface area contributed by atoms with Crippen LogP contribution in [0, 0.1) is 5.82 Å². The van der Waals surface area contributed by atoms with Gasteiger partial charge in [0.05, 0.1) is 29.9 Å². The maximum Gasteiger partial charge on any atom is 0.414 e. The molecule has 1 atom stereocenters. The smallest absolute Gasteiger partial charge is 0.414 e. The van der Waals surface area contributed by atoms with Crippen molar-refractivity contribution < 1.29 is 52.6 Å². The molecule has 1 aromatic carbocycles.